The van der Waals surface area contributed by atoms with Crippen molar-refractivity contribution in [2.75, 3.05) is 6.54 Å². The molecule has 2 atom stereocenters. The summed E-state index contributed by atoms with van der Waals surface area (Å²) in [5.41, 5.74) is 7.14. The van der Waals surface area contributed by atoms with E-state index in [9.17, 15) is 4.79 Å². The number of nitrogens with two attached hydrogens (primary N) is 1. The summed E-state index contributed by atoms with van der Waals surface area (Å²) in [6.45, 7) is 2.76. The van der Waals surface area contributed by atoms with Crippen LogP contribution in [0.2, 0.25) is 10.0 Å². The van der Waals surface area contributed by atoms with Crippen molar-refractivity contribution in [3.63, 3.8) is 0 Å². The largest absolute Gasteiger partial charge is 0.334 e. The predicted octanol–water partition coefficient (Wildman–Crippen LogP) is 3.39. The van der Waals surface area contributed by atoms with Crippen LogP contribution in [0.3, 0.4) is 0 Å². The van der Waals surface area contributed by atoms with Crippen molar-refractivity contribution < 1.29 is 4.79 Å². The molecule has 0 radical (unpaired) electrons. The second-order valence-corrected chi connectivity index (χ2v) is 5.81. The first-order valence-corrected chi connectivity index (χ1v) is 7.29. The maximum Gasteiger partial charge on any atom is 0.223 e. The molecule has 2 unspecified atom stereocenters. The molecule has 0 saturated carbocycles. The van der Waals surface area contributed by atoms with E-state index in [0.717, 1.165) is 12.0 Å². The van der Waals surface area contributed by atoms with Crippen LogP contribution in [0.4, 0.5) is 0 Å². The van der Waals surface area contributed by atoms with Gasteiger partial charge in [0.25, 0.3) is 0 Å². The van der Waals surface area contributed by atoms with Crippen LogP contribution in [0.15, 0.2) is 18.2 Å². The first-order chi connectivity index (χ1) is 9.02. The van der Waals surface area contributed by atoms with Crippen LogP contribution in [0.25, 0.3) is 0 Å². The van der Waals surface area contributed by atoms with Gasteiger partial charge in [-0.25, -0.2) is 0 Å². The van der Waals surface area contributed by atoms with Crippen molar-refractivity contribution in [2.45, 2.75) is 38.3 Å². The van der Waals surface area contributed by atoms with E-state index in [2.05, 4.69) is 6.92 Å². The highest BCUT2D eigenvalue weighted by atomic mass is 35.5. The molecule has 1 aromatic carbocycles. The van der Waals surface area contributed by atoms with Gasteiger partial charge in [-0.2, -0.15) is 0 Å². The van der Waals surface area contributed by atoms with Gasteiger partial charge < -0.3 is 10.6 Å². The first kappa shape index (κ1) is 14.6. The Morgan fingerprint density at radius 2 is 1.95 bits per heavy atom. The molecular formula is C14H18Cl2N2O. The van der Waals surface area contributed by atoms with Crippen LogP contribution in [0.1, 0.15) is 37.8 Å². The van der Waals surface area contributed by atoms with Crippen LogP contribution in [0.5, 0.6) is 0 Å². The number of hydrogen-bond acceptors (Lipinski definition) is 2. The molecule has 2 rings (SSSR count). The normalized spacial score (nSPS) is 23.8. The number of amides is 1. The van der Waals surface area contributed by atoms with E-state index in [1.165, 1.54) is 0 Å². The minimum absolute atomic E-state index is 0.0706. The van der Waals surface area contributed by atoms with E-state index in [4.69, 9.17) is 28.9 Å². The third-order valence-electron chi connectivity index (χ3n) is 3.44. The van der Waals surface area contributed by atoms with E-state index in [1.54, 1.807) is 6.07 Å². The average molecular weight is 301 g/mol. The highest BCUT2D eigenvalue weighted by Gasteiger charge is 2.34. The van der Waals surface area contributed by atoms with Crippen LogP contribution >= 0.6 is 23.2 Å². The van der Waals surface area contributed by atoms with Gasteiger partial charge in [-0.3, -0.25) is 4.79 Å². The fourth-order valence-corrected chi connectivity index (χ4v) is 3.20. The quantitative estimate of drug-likeness (QED) is 0.930. The number of carbonyl (C=O) groups is 1. The molecule has 0 aromatic heterocycles. The molecule has 3 nitrogen and oxygen atoms in total. The topological polar surface area (TPSA) is 46.3 Å². The molecule has 1 heterocycles. The smallest absolute Gasteiger partial charge is 0.223 e. The number of likely N-dealkylation sites (tertiary alicyclic amines) is 1. The molecule has 1 aliphatic heterocycles. The van der Waals surface area contributed by atoms with Gasteiger partial charge in [0.1, 0.15) is 0 Å². The summed E-state index contributed by atoms with van der Waals surface area (Å²) in [5, 5.41) is 1.15. The Hall–Kier alpha value is -0.770. The lowest BCUT2D eigenvalue weighted by Crippen LogP contribution is -2.49. The second-order valence-electron chi connectivity index (χ2n) is 4.94. The van der Waals surface area contributed by atoms with Crippen LogP contribution in [-0.4, -0.2) is 23.4 Å². The van der Waals surface area contributed by atoms with Gasteiger partial charge in [-0.05, 0) is 36.6 Å². The fraction of sp³-hybridized carbons (Fsp3) is 0.500. The molecular weight excluding hydrogens is 283 g/mol. The second kappa shape index (κ2) is 6.12. The third kappa shape index (κ3) is 3.22. The Morgan fingerprint density at radius 1 is 1.32 bits per heavy atom. The zero-order valence-corrected chi connectivity index (χ0v) is 12.4. The molecule has 2 N–H and O–H groups in total. The van der Waals surface area contributed by atoms with Gasteiger partial charge in [0, 0.05) is 29.1 Å². The fourth-order valence-electron chi connectivity index (χ4n) is 2.66. The SMILES string of the molecule is CCCN1C(=O)CCC(N)C1c1cc(Cl)cc(Cl)c1. The standard InChI is InChI=1S/C14H18Cl2N2O/c1-2-5-18-13(19)4-3-12(17)14(18)9-6-10(15)8-11(16)7-9/h6-8,12,14H,2-5,17H2,1H3. The van der Waals surface area contributed by atoms with E-state index < -0.39 is 0 Å². The Bertz CT molecular complexity index is 458. The predicted molar refractivity (Wildman–Crippen MR) is 78.4 cm³/mol. The number of carbonyl (C=O) groups excluding carboxylic acids is 1. The molecule has 1 aliphatic rings. The summed E-state index contributed by atoms with van der Waals surface area (Å²) in [6, 6.07) is 5.18. The summed E-state index contributed by atoms with van der Waals surface area (Å²) in [6.07, 6.45) is 2.13. The minimum atomic E-state index is -0.127. The molecule has 1 amide bonds. The van der Waals surface area contributed by atoms with Crippen molar-refractivity contribution >= 4 is 29.1 Å². The number of rotatable bonds is 3. The van der Waals surface area contributed by atoms with E-state index in [0.29, 0.717) is 29.4 Å². The number of nitrogens with zero attached hydrogens (tertiary/aromatic N) is 1. The van der Waals surface area contributed by atoms with Gasteiger partial charge in [0.15, 0.2) is 0 Å². The lowest BCUT2D eigenvalue weighted by molar-refractivity contribution is -0.137. The molecule has 19 heavy (non-hydrogen) atoms. The molecule has 1 fully saturated rings. The van der Waals surface area contributed by atoms with Crippen molar-refractivity contribution in [1.29, 1.82) is 0 Å². The molecule has 104 valence electrons. The lowest BCUT2D eigenvalue weighted by atomic mass is 9.90. The summed E-state index contributed by atoms with van der Waals surface area (Å²) in [4.78, 5) is 13.9. The average Bonchev–Trinajstić information content (AvgIpc) is 2.33. The summed E-state index contributed by atoms with van der Waals surface area (Å²) in [5.74, 6) is 0.157. The van der Waals surface area contributed by atoms with Crippen molar-refractivity contribution in [1.82, 2.24) is 4.90 Å². The monoisotopic (exact) mass is 300 g/mol. The third-order valence-corrected chi connectivity index (χ3v) is 3.88. The Kier molecular flexibility index (Phi) is 4.71. The summed E-state index contributed by atoms with van der Waals surface area (Å²) in [7, 11) is 0. The minimum Gasteiger partial charge on any atom is -0.334 e. The summed E-state index contributed by atoms with van der Waals surface area (Å²) >= 11 is 12.1. The van der Waals surface area contributed by atoms with E-state index in [1.807, 2.05) is 17.0 Å². The lowest BCUT2D eigenvalue weighted by Gasteiger charge is -2.40. The maximum atomic E-state index is 12.1. The van der Waals surface area contributed by atoms with Crippen molar-refractivity contribution in [3.05, 3.63) is 33.8 Å². The van der Waals surface area contributed by atoms with Crippen molar-refractivity contribution in [2.24, 2.45) is 5.73 Å². The Labute approximate surface area is 123 Å². The molecule has 1 saturated heterocycles. The zero-order valence-electron chi connectivity index (χ0n) is 10.9. The Morgan fingerprint density at radius 3 is 2.53 bits per heavy atom. The molecule has 0 spiro atoms. The first-order valence-electron chi connectivity index (χ1n) is 6.54. The van der Waals surface area contributed by atoms with Gasteiger partial charge in [0.2, 0.25) is 5.91 Å². The van der Waals surface area contributed by atoms with Crippen LogP contribution in [-0.2, 0) is 4.79 Å². The van der Waals surface area contributed by atoms with E-state index >= 15 is 0 Å². The van der Waals surface area contributed by atoms with E-state index in [-0.39, 0.29) is 18.0 Å². The number of hydrogen-bond donors (Lipinski definition) is 1. The van der Waals surface area contributed by atoms with Crippen LogP contribution in [0, 0.1) is 0 Å². The van der Waals surface area contributed by atoms with Gasteiger partial charge in [-0.15, -0.1) is 0 Å². The molecule has 0 aliphatic carbocycles. The maximum absolute atomic E-state index is 12.1. The number of halogens is 2. The summed E-state index contributed by atoms with van der Waals surface area (Å²) < 4.78 is 0. The zero-order chi connectivity index (χ0) is 14.0. The molecule has 0 bridgehead atoms. The molecule has 5 heteroatoms. The number of benzene rings is 1. The van der Waals surface area contributed by atoms with Crippen LogP contribution < -0.4 is 5.73 Å². The van der Waals surface area contributed by atoms with Gasteiger partial charge in [-0.1, -0.05) is 30.1 Å². The van der Waals surface area contributed by atoms with Crippen molar-refractivity contribution in [3.8, 4) is 0 Å². The number of piperidine rings is 1. The Balaban J connectivity index is 2.38. The van der Waals surface area contributed by atoms with Gasteiger partial charge in [0.05, 0.1) is 6.04 Å². The molecule has 1 aromatic rings. The van der Waals surface area contributed by atoms with Gasteiger partial charge >= 0.3 is 0 Å². The highest BCUT2D eigenvalue weighted by Crippen LogP contribution is 2.33. The highest BCUT2D eigenvalue weighted by molar-refractivity contribution is 6.34.